The van der Waals surface area contributed by atoms with Crippen LogP contribution >= 0.6 is 0 Å². The lowest BCUT2D eigenvalue weighted by Gasteiger charge is -2.15. The summed E-state index contributed by atoms with van der Waals surface area (Å²) in [5.74, 6) is 0. The van der Waals surface area contributed by atoms with E-state index in [0.717, 1.165) is 16.3 Å². The molecule has 0 radical (unpaired) electrons. The number of azo groups is 1. The Bertz CT molecular complexity index is 604. The Morgan fingerprint density at radius 3 is 3.19 bits per heavy atom. The number of allylic oxidation sites excluding steroid dienone is 1. The fraction of sp³-hybridized carbons (Fsp3) is 0.100. The van der Waals surface area contributed by atoms with Crippen LogP contribution in [0.3, 0.4) is 0 Å². The molecule has 0 amide bonds. The molecule has 6 nitrogen and oxygen atoms in total. The number of hydrogen-bond donors (Lipinski definition) is 2. The molecule has 2 N–H and O–H groups in total. The van der Waals surface area contributed by atoms with Gasteiger partial charge in [0.2, 0.25) is 0 Å². The van der Waals surface area contributed by atoms with Gasteiger partial charge in [-0.25, -0.2) is 10.5 Å². The van der Waals surface area contributed by atoms with Crippen LogP contribution in [0.25, 0.3) is 6.08 Å². The second-order valence-corrected chi connectivity index (χ2v) is 3.38. The highest BCUT2D eigenvalue weighted by Gasteiger charge is 2.18. The van der Waals surface area contributed by atoms with Gasteiger partial charge in [0.25, 0.3) is 0 Å². The van der Waals surface area contributed by atoms with Crippen LogP contribution in [-0.2, 0) is 0 Å². The maximum Gasteiger partial charge on any atom is 0.136 e. The van der Waals surface area contributed by atoms with Crippen LogP contribution in [0.2, 0.25) is 0 Å². The second-order valence-electron chi connectivity index (χ2n) is 3.38. The van der Waals surface area contributed by atoms with Crippen molar-refractivity contribution in [3.8, 4) is 0 Å². The van der Waals surface area contributed by atoms with Crippen molar-refractivity contribution in [1.29, 1.82) is 0 Å². The summed E-state index contributed by atoms with van der Waals surface area (Å²) in [6, 6.07) is 3.80. The van der Waals surface area contributed by atoms with Gasteiger partial charge in [0.05, 0.1) is 0 Å². The molecular formula is C10H9N5O. The number of nitrogens with zero attached hydrogens (tertiary/aromatic N) is 4. The molecule has 0 spiro atoms. The first-order valence-electron chi connectivity index (χ1n) is 4.82. The molecule has 2 aliphatic heterocycles. The number of anilines is 1. The molecule has 0 aliphatic carbocycles. The van der Waals surface area contributed by atoms with Gasteiger partial charge < -0.3 is 5.11 Å². The normalized spacial score (nSPS) is 15.7. The lowest BCUT2D eigenvalue weighted by atomic mass is 10.2. The standard InChI is InChI=1S/C10H9N5O/c16-6-15-10-8(12-14-15)4-3-7-2-1-5-11-13-9(7)10/h1-5,14,16H,6H2. The summed E-state index contributed by atoms with van der Waals surface area (Å²) in [6.07, 6.45) is 5.36. The highest BCUT2D eigenvalue weighted by atomic mass is 16.3. The quantitative estimate of drug-likeness (QED) is 0.686. The van der Waals surface area contributed by atoms with Gasteiger partial charge in [-0.1, -0.05) is 12.1 Å². The van der Waals surface area contributed by atoms with E-state index in [1.165, 1.54) is 5.01 Å². The predicted molar refractivity (Wildman–Crippen MR) is 58.0 cm³/mol. The monoisotopic (exact) mass is 215 g/mol. The predicted octanol–water partition coefficient (Wildman–Crippen LogP) is -0.113. The van der Waals surface area contributed by atoms with E-state index in [-0.39, 0.29) is 6.73 Å². The van der Waals surface area contributed by atoms with Gasteiger partial charge in [-0.3, -0.25) is 0 Å². The molecule has 2 heterocycles. The minimum atomic E-state index is -0.171. The Labute approximate surface area is 90.9 Å². The molecule has 0 saturated carbocycles. The highest BCUT2D eigenvalue weighted by molar-refractivity contribution is 5.69. The fourth-order valence-electron chi connectivity index (χ4n) is 1.72. The molecule has 80 valence electrons. The maximum atomic E-state index is 9.19. The third-order valence-electron chi connectivity index (χ3n) is 2.45. The highest BCUT2D eigenvalue weighted by Crippen LogP contribution is 2.22. The number of hydrogen-bond acceptors (Lipinski definition) is 6. The van der Waals surface area contributed by atoms with E-state index in [0.29, 0.717) is 5.69 Å². The summed E-state index contributed by atoms with van der Waals surface area (Å²) in [5, 5.41) is 24.5. The fourth-order valence-corrected chi connectivity index (χ4v) is 1.72. The molecule has 2 aliphatic rings. The first-order chi connectivity index (χ1) is 7.90. The third-order valence-corrected chi connectivity index (χ3v) is 2.45. The van der Waals surface area contributed by atoms with E-state index in [4.69, 9.17) is 0 Å². The Balaban J connectivity index is 2.33. The zero-order valence-corrected chi connectivity index (χ0v) is 8.33. The number of nitrogens with one attached hydrogen (secondary N) is 1. The van der Waals surface area contributed by atoms with Gasteiger partial charge in [-0.2, -0.15) is 10.2 Å². The second kappa shape index (κ2) is 3.42. The van der Waals surface area contributed by atoms with Gasteiger partial charge in [0, 0.05) is 11.4 Å². The van der Waals surface area contributed by atoms with E-state index < -0.39 is 0 Å². The van der Waals surface area contributed by atoms with Crippen molar-refractivity contribution in [1.82, 2.24) is 5.53 Å². The van der Waals surface area contributed by atoms with Crippen molar-refractivity contribution < 1.29 is 5.11 Å². The van der Waals surface area contributed by atoms with Crippen molar-refractivity contribution in [3.05, 3.63) is 35.0 Å². The number of benzene rings is 1. The van der Waals surface area contributed by atoms with Crippen LogP contribution in [0.5, 0.6) is 0 Å². The average Bonchev–Trinajstić information content (AvgIpc) is 2.58. The summed E-state index contributed by atoms with van der Waals surface area (Å²) >= 11 is 0. The third kappa shape index (κ3) is 1.20. The SMILES string of the molecule is OCN1NN=c2ccc3c(c21)N=NC=CC=3. The van der Waals surface area contributed by atoms with Crippen LogP contribution in [0.4, 0.5) is 11.4 Å². The largest absolute Gasteiger partial charge is 0.374 e. The number of rotatable bonds is 1. The summed E-state index contributed by atoms with van der Waals surface area (Å²) in [5.41, 5.74) is 4.18. The minimum absolute atomic E-state index is 0.171. The minimum Gasteiger partial charge on any atom is -0.374 e. The summed E-state index contributed by atoms with van der Waals surface area (Å²) in [7, 11) is 0. The number of aliphatic hydroxyl groups is 1. The van der Waals surface area contributed by atoms with Gasteiger partial charge in [0.15, 0.2) is 0 Å². The molecule has 0 fully saturated rings. The average molecular weight is 215 g/mol. The van der Waals surface area contributed by atoms with E-state index >= 15 is 0 Å². The van der Waals surface area contributed by atoms with Gasteiger partial charge >= 0.3 is 0 Å². The Morgan fingerprint density at radius 2 is 2.31 bits per heavy atom. The van der Waals surface area contributed by atoms with Crippen LogP contribution in [0, 0.1) is 0 Å². The van der Waals surface area contributed by atoms with E-state index in [1.54, 1.807) is 6.20 Å². The lowest BCUT2D eigenvalue weighted by molar-refractivity contribution is 0.279. The molecule has 3 rings (SSSR count). The van der Waals surface area contributed by atoms with Crippen molar-refractivity contribution >= 4 is 17.5 Å². The first kappa shape index (κ1) is 9.05. The molecule has 0 unspecified atom stereocenters. The van der Waals surface area contributed by atoms with Crippen LogP contribution in [0.1, 0.15) is 0 Å². The Kier molecular flexibility index (Phi) is 1.94. The maximum absolute atomic E-state index is 9.19. The Morgan fingerprint density at radius 1 is 1.38 bits per heavy atom. The molecular weight excluding hydrogens is 206 g/mol. The first-order valence-corrected chi connectivity index (χ1v) is 4.82. The van der Waals surface area contributed by atoms with Crippen LogP contribution < -0.4 is 21.1 Å². The Hall–Kier alpha value is -2.21. The topological polar surface area (TPSA) is 72.6 Å². The number of hydrazine groups is 1. The summed E-state index contributed by atoms with van der Waals surface area (Å²) in [4.78, 5) is 0. The van der Waals surface area contributed by atoms with Gasteiger partial charge in [-0.05, 0) is 12.1 Å². The van der Waals surface area contributed by atoms with Gasteiger partial charge in [-0.15, -0.1) is 5.11 Å². The van der Waals surface area contributed by atoms with Crippen molar-refractivity contribution in [3.63, 3.8) is 0 Å². The van der Waals surface area contributed by atoms with Crippen molar-refractivity contribution in [2.75, 3.05) is 11.7 Å². The summed E-state index contributed by atoms with van der Waals surface area (Å²) < 4.78 is 0. The zero-order chi connectivity index (χ0) is 11.0. The molecule has 0 atom stereocenters. The van der Waals surface area contributed by atoms with E-state index in [9.17, 15) is 5.11 Å². The van der Waals surface area contributed by atoms with E-state index in [1.807, 2.05) is 24.3 Å². The lowest BCUT2D eigenvalue weighted by Crippen LogP contribution is -2.32. The van der Waals surface area contributed by atoms with E-state index in [2.05, 4.69) is 20.9 Å². The van der Waals surface area contributed by atoms with Gasteiger partial charge in [0.1, 0.15) is 23.5 Å². The molecule has 0 aromatic heterocycles. The molecule has 16 heavy (non-hydrogen) atoms. The molecule has 0 bridgehead atoms. The van der Waals surface area contributed by atoms with Crippen molar-refractivity contribution in [2.24, 2.45) is 15.3 Å². The van der Waals surface area contributed by atoms with Crippen LogP contribution in [-0.4, -0.2) is 11.8 Å². The molecule has 1 aromatic carbocycles. The molecule has 0 saturated heterocycles. The van der Waals surface area contributed by atoms with Crippen LogP contribution in [0.15, 0.2) is 39.7 Å². The summed E-state index contributed by atoms with van der Waals surface area (Å²) in [6.45, 7) is -0.171. The molecule has 1 aromatic rings. The number of aliphatic hydroxyl groups excluding tert-OH is 1. The zero-order valence-electron chi connectivity index (χ0n) is 8.33. The smallest absolute Gasteiger partial charge is 0.136 e. The van der Waals surface area contributed by atoms with Crippen molar-refractivity contribution in [2.45, 2.75) is 0 Å². The number of fused-ring (bicyclic) bond motifs is 3. The molecule has 6 heteroatoms.